The van der Waals surface area contributed by atoms with Crippen LogP contribution in [0, 0.1) is 0 Å². The van der Waals surface area contributed by atoms with Crippen molar-refractivity contribution in [1.29, 1.82) is 0 Å². The molecule has 0 atom stereocenters. The van der Waals surface area contributed by atoms with E-state index in [1.807, 2.05) is 6.07 Å². The minimum absolute atomic E-state index is 0.266. The van der Waals surface area contributed by atoms with Crippen LogP contribution in [0.4, 0.5) is 5.82 Å². The van der Waals surface area contributed by atoms with E-state index in [-0.39, 0.29) is 4.90 Å². The fraction of sp³-hybridized carbons (Fsp3) is 0.500. The summed E-state index contributed by atoms with van der Waals surface area (Å²) in [6, 6.07) is 11.8. The molecule has 162 valence electrons. The van der Waals surface area contributed by atoms with E-state index >= 15 is 0 Å². The molecule has 1 aromatic carbocycles. The van der Waals surface area contributed by atoms with Gasteiger partial charge in [0.1, 0.15) is 10.7 Å². The molecular weight excluding hydrogens is 400 g/mol. The van der Waals surface area contributed by atoms with Gasteiger partial charge in [0.05, 0.1) is 13.2 Å². The van der Waals surface area contributed by atoms with Gasteiger partial charge in [-0.1, -0.05) is 30.7 Å². The van der Waals surface area contributed by atoms with Gasteiger partial charge in [0.2, 0.25) is 10.0 Å². The first-order chi connectivity index (χ1) is 14.6. The first-order valence-electron chi connectivity index (χ1n) is 10.7. The summed E-state index contributed by atoms with van der Waals surface area (Å²) in [7, 11) is -3.44. The maximum Gasteiger partial charge on any atom is 0.244 e. The van der Waals surface area contributed by atoms with Gasteiger partial charge in [0, 0.05) is 45.5 Å². The third-order valence-corrected chi connectivity index (χ3v) is 7.65. The zero-order valence-corrected chi connectivity index (χ0v) is 18.1. The second kappa shape index (κ2) is 9.87. The summed E-state index contributed by atoms with van der Waals surface area (Å²) in [6.07, 6.45) is 4.42. The van der Waals surface area contributed by atoms with Crippen LogP contribution in [0.3, 0.4) is 0 Å². The number of rotatable bonds is 7. The van der Waals surface area contributed by atoms with Gasteiger partial charge in [-0.15, -0.1) is 0 Å². The predicted molar refractivity (Wildman–Crippen MR) is 117 cm³/mol. The van der Waals surface area contributed by atoms with Crippen molar-refractivity contribution in [1.82, 2.24) is 14.2 Å². The van der Waals surface area contributed by atoms with Gasteiger partial charge < -0.3 is 10.1 Å². The lowest BCUT2D eigenvalue weighted by Gasteiger charge is -2.27. The highest BCUT2D eigenvalue weighted by Gasteiger charge is 2.26. The number of hydrogen-bond acceptors (Lipinski definition) is 6. The zero-order valence-electron chi connectivity index (χ0n) is 17.3. The molecule has 0 amide bonds. The Labute approximate surface area is 179 Å². The predicted octanol–water partition coefficient (Wildman–Crippen LogP) is 2.70. The molecule has 7 nitrogen and oxygen atoms in total. The maximum absolute atomic E-state index is 12.8. The van der Waals surface area contributed by atoms with Gasteiger partial charge in [-0.25, -0.2) is 13.4 Å². The van der Waals surface area contributed by atoms with Gasteiger partial charge in [0.25, 0.3) is 0 Å². The van der Waals surface area contributed by atoms with Crippen LogP contribution in [0.5, 0.6) is 0 Å². The van der Waals surface area contributed by atoms with Gasteiger partial charge in [0.15, 0.2) is 0 Å². The van der Waals surface area contributed by atoms with Crippen molar-refractivity contribution < 1.29 is 13.2 Å². The molecule has 2 aliphatic rings. The molecule has 0 bridgehead atoms. The molecule has 1 N–H and O–H groups in total. The molecule has 2 fully saturated rings. The summed E-state index contributed by atoms with van der Waals surface area (Å²) >= 11 is 0. The number of nitrogens with zero attached hydrogens (tertiary/aromatic N) is 3. The van der Waals surface area contributed by atoms with E-state index in [0.717, 1.165) is 52.1 Å². The molecule has 0 spiro atoms. The smallest absolute Gasteiger partial charge is 0.244 e. The SMILES string of the molecule is O=S(=O)(c1ccc(NCc2ccccc2CN2CCOCC2)nc1)N1CCCCC1. The Kier molecular flexibility index (Phi) is 6.99. The first kappa shape index (κ1) is 21.2. The molecule has 1 aromatic heterocycles. The Hall–Kier alpha value is -2.00. The minimum atomic E-state index is -3.44. The molecule has 0 unspecified atom stereocenters. The van der Waals surface area contributed by atoms with E-state index in [2.05, 4.69) is 33.4 Å². The number of sulfonamides is 1. The molecule has 0 radical (unpaired) electrons. The maximum atomic E-state index is 12.8. The van der Waals surface area contributed by atoms with E-state index in [1.165, 1.54) is 17.3 Å². The standard InChI is InChI=1S/C22H30N4O3S/c27-30(28,26-10-4-1-5-11-26)21-8-9-22(24-17-21)23-16-19-6-2-3-7-20(19)18-25-12-14-29-15-13-25/h2-3,6-9,17H,1,4-5,10-16,18H2,(H,23,24). The quantitative estimate of drug-likeness (QED) is 0.728. The number of benzene rings is 1. The number of hydrogen-bond donors (Lipinski definition) is 1. The van der Waals surface area contributed by atoms with Gasteiger partial charge in [-0.2, -0.15) is 4.31 Å². The molecular formula is C22H30N4O3S. The van der Waals surface area contributed by atoms with E-state index < -0.39 is 10.0 Å². The topological polar surface area (TPSA) is 74.8 Å². The third-order valence-electron chi connectivity index (χ3n) is 5.77. The average Bonchev–Trinajstić information content (AvgIpc) is 2.80. The number of aromatic nitrogens is 1. The Morgan fingerprint density at radius 3 is 2.37 bits per heavy atom. The summed E-state index contributed by atoms with van der Waals surface area (Å²) in [5.74, 6) is 0.675. The fourth-order valence-corrected chi connectivity index (χ4v) is 5.42. The zero-order chi connectivity index (χ0) is 20.8. The summed E-state index contributed by atoms with van der Waals surface area (Å²) < 4.78 is 32.5. The highest BCUT2D eigenvalue weighted by atomic mass is 32.2. The summed E-state index contributed by atoms with van der Waals surface area (Å²) in [6.45, 7) is 6.23. The molecule has 30 heavy (non-hydrogen) atoms. The lowest BCUT2D eigenvalue weighted by Crippen LogP contribution is -2.35. The van der Waals surface area contributed by atoms with E-state index in [0.29, 0.717) is 25.5 Å². The normalized spacial score (nSPS) is 18.9. The molecule has 4 rings (SSSR count). The molecule has 8 heteroatoms. The molecule has 0 aliphatic carbocycles. The Balaban J connectivity index is 1.39. The lowest BCUT2D eigenvalue weighted by atomic mass is 10.1. The third kappa shape index (κ3) is 5.18. The molecule has 2 aliphatic heterocycles. The van der Waals surface area contributed by atoms with E-state index in [9.17, 15) is 8.42 Å². The number of morpholine rings is 1. The second-order valence-electron chi connectivity index (χ2n) is 7.85. The first-order valence-corrected chi connectivity index (χ1v) is 12.1. The Morgan fingerprint density at radius 2 is 1.67 bits per heavy atom. The average molecular weight is 431 g/mol. The van der Waals surface area contributed by atoms with Crippen molar-refractivity contribution in [2.24, 2.45) is 0 Å². The van der Waals surface area contributed by atoms with Gasteiger partial charge >= 0.3 is 0 Å². The van der Waals surface area contributed by atoms with Crippen molar-refractivity contribution in [3.05, 3.63) is 53.7 Å². The molecule has 3 heterocycles. The lowest BCUT2D eigenvalue weighted by molar-refractivity contribution is 0.0341. The van der Waals surface area contributed by atoms with Crippen LogP contribution >= 0.6 is 0 Å². The van der Waals surface area contributed by atoms with Crippen molar-refractivity contribution in [3.63, 3.8) is 0 Å². The van der Waals surface area contributed by atoms with Crippen LogP contribution in [-0.4, -0.2) is 62.0 Å². The second-order valence-corrected chi connectivity index (χ2v) is 9.79. The van der Waals surface area contributed by atoms with Crippen LogP contribution < -0.4 is 5.32 Å². The number of piperidine rings is 1. The van der Waals surface area contributed by atoms with Gasteiger partial charge in [-0.05, 0) is 36.1 Å². The number of anilines is 1. The van der Waals surface area contributed by atoms with E-state index in [4.69, 9.17) is 4.74 Å². The van der Waals surface area contributed by atoms with Crippen molar-refractivity contribution in [2.75, 3.05) is 44.7 Å². The molecule has 2 aromatic rings. The van der Waals surface area contributed by atoms with Crippen molar-refractivity contribution >= 4 is 15.8 Å². The molecule has 0 saturated carbocycles. The largest absolute Gasteiger partial charge is 0.379 e. The summed E-state index contributed by atoms with van der Waals surface area (Å²) in [4.78, 5) is 7.03. The Morgan fingerprint density at radius 1 is 0.933 bits per heavy atom. The summed E-state index contributed by atoms with van der Waals surface area (Å²) in [5.41, 5.74) is 2.51. The van der Waals surface area contributed by atoms with Gasteiger partial charge in [-0.3, -0.25) is 4.90 Å². The van der Waals surface area contributed by atoms with Crippen molar-refractivity contribution in [2.45, 2.75) is 37.2 Å². The minimum Gasteiger partial charge on any atom is -0.379 e. The number of nitrogens with one attached hydrogen (secondary N) is 1. The highest BCUT2D eigenvalue weighted by molar-refractivity contribution is 7.89. The van der Waals surface area contributed by atoms with Crippen LogP contribution in [0.2, 0.25) is 0 Å². The Bertz CT molecular complexity index is 922. The van der Waals surface area contributed by atoms with Crippen LogP contribution in [0.1, 0.15) is 30.4 Å². The van der Waals surface area contributed by atoms with Crippen LogP contribution in [0.15, 0.2) is 47.5 Å². The number of pyridine rings is 1. The summed E-state index contributed by atoms with van der Waals surface area (Å²) in [5, 5.41) is 3.33. The van der Waals surface area contributed by atoms with Crippen LogP contribution in [-0.2, 0) is 27.8 Å². The fourth-order valence-electron chi connectivity index (χ4n) is 3.96. The van der Waals surface area contributed by atoms with E-state index in [1.54, 1.807) is 16.4 Å². The van der Waals surface area contributed by atoms with Crippen molar-refractivity contribution in [3.8, 4) is 0 Å². The highest BCUT2D eigenvalue weighted by Crippen LogP contribution is 2.21. The number of ether oxygens (including phenoxy) is 1. The molecule has 2 saturated heterocycles. The van der Waals surface area contributed by atoms with Crippen LogP contribution in [0.25, 0.3) is 0 Å². The monoisotopic (exact) mass is 430 g/mol.